The molecule has 0 radical (unpaired) electrons. The second-order valence-electron chi connectivity index (χ2n) is 0.895. The number of nitrogens with two attached hydrogens (primary N) is 1. The molecule has 38 valence electrons. The van der Waals surface area contributed by atoms with E-state index in [0.717, 1.165) is 0 Å². The number of nitrogens with one attached hydrogen (secondary N) is 1. The zero-order chi connectivity index (χ0) is 4.99. The molecule has 0 aromatic heterocycles. The second-order valence-corrected chi connectivity index (χ2v) is 0.895. The smallest absolute Gasteiger partial charge is 1.00 e. The van der Waals surface area contributed by atoms with Crippen LogP contribution in [-0.2, 0) is 0 Å². The molecule has 0 saturated carbocycles. The fourth-order valence-electron chi connectivity index (χ4n) is 0.174. The minimum Gasteiger partial charge on any atom is -1.00 e. The number of amides is 2. The molecule has 3 nitrogen and oxygen atoms in total. The Morgan fingerprint density at radius 2 is 2.43 bits per heavy atom. The molecular formula is C3H9N2NaO. The Morgan fingerprint density at radius 3 is 2.43 bits per heavy atom. The van der Waals surface area contributed by atoms with E-state index in [1.165, 1.54) is 0 Å². The summed E-state index contributed by atoms with van der Waals surface area (Å²) in [5.74, 6) is 0. The van der Waals surface area contributed by atoms with Crippen LogP contribution in [0.3, 0.4) is 0 Å². The van der Waals surface area contributed by atoms with Crippen molar-refractivity contribution in [2.75, 3.05) is 6.54 Å². The van der Waals surface area contributed by atoms with Crippen molar-refractivity contribution in [3.63, 3.8) is 0 Å². The van der Waals surface area contributed by atoms with Gasteiger partial charge in [-0.1, -0.05) is 0 Å². The molecule has 0 aromatic rings. The van der Waals surface area contributed by atoms with Gasteiger partial charge in [0.2, 0.25) is 0 Å². The van der Waals surface area contributed by atoms with E-state index >= 15 is 0 Å². The Morgan fingerprint density at radius 1 is 2.00 bits per heavy atom. The van der Waals surface area contributed by atoms with E-state index in [2.05, 4.69) is 11.1 Å². The van der Waals surface area contributed by atoms with Crippen LogP contribution in [0, 0.1) is 0 Å². The minimum absolute atomic E-state index is 0. The van der Waals surface area contributed by atoms with Crippen molar-refractivity contribution >= 4 is 6.03 Å². The van der Waals surface area contributed by atoms with Crippen molar-refractivity contribution < 1.29 is 35.8 Å². The van der Waals surface area contributed by atoms with Crippen molar-refractivity contribution in [2.45, 2.75) is 6.92 Å². The first-order valence-electron chi connectivity index (χ1n) is 1.80. The molecule has 0 saturated heterocycles. The standard InChI is InChI=1S/C3H8N2O.Na.H/c1-2-5-3(4)6;;/h2H2,1H3,(H3,4,5,6);;/q;+1;-1. The van der Waals surface area contributed by atoms with Crippen LogP contribution in [0.5, 0.6) is 0 Å². The third-order valence-corrected chi connectivity index (χ3v) is 0.351. The topological polar surface area (TPSA) is 55.1 Å². The van der Waals surface area contributed by atoms with Gasteiger partial charge >= 0.3 is 35.6 Å². The van der Waals surface area contributed by atoms with Crippen LogP contribution in [0.25, 0.3) is 0 Å². The summed E-state index contributed by atoms with van der Waals surface area (Å²) >= 11 is 0. The van der Waals surface area contributed by atoms with Crippen molar-refractivity contribution in [2.24, 2.45) is 5.73 Å². The van der Waals surface area contributed by atoms with E-state index in [1.807, 2.05) is 6.92 Å². The van der Waals surface area contributed by atoms with Gasteiger partial charge < -0.3 is 12.5 Å². The number of rotatable bonds is 1. The fraction of sp³-hybridized carbons (Fsp3) is 0.667. The van der Waals surface area contributed by atoms with Gasteiger partial charge in [-0.25, -0.2) is 4.79 Å². The van der Waals surface area contributed by atoms with Crippen molar-refractivity contribution in [3.05, 3.63) is 0 Å². The summed E-state index contributed by atoms with van der Waals surface area (Å²) in [5.41, 5.74) is 4.65. The van der Waals surface area contributed by atoms with Gasteiger partial charge in [0.1, 0.15) is 0 Å². The third kappa shape index (κ3) is 10.7. The first-order valence-corrected chi connectivity index (χ1v) is 1.80. The summed E-state index contributed by atoms with van der Waals surface area (Å²) in [6, 6.07) is -0.461. The van der Waals surface area contributed by atoms with E-state index in [9.17, 15) is 4.79 Å². The summed E-state index contributed by atoms with van der Waals surface area (Å²) in [6.07, 6.45) is 0. The molecule has 0 fully saturated rings. The second kappa shape index (κ2) is 6.27. The van der Waals surface area contributed by atoms with Crippen LogP contribution in [-0.4, -0.2) is 12.6 Å². The molecule has 0 spiro atoms. The molecule has 0 rings (SSSR count). The first kappa shape index (κ1) is 10.3. The van der Waals surface area contributed by atoms with Crippen LogP contribution < -0.4 is 40.6 Å². The van der Waals surface area contributed by atoms with Crippen LogP contribution in [0.4, 0.5) is 4.79 Å². The van der Waals surface area contributed by atoms with Crippen molar-refractivity contribution in [1.29, 1.82) is 0 Å². The quantitative estimate of drug-likeness (QED) is 0.345. The monoisotopic (exact) mass is 112 g/mol. The number of hydrogen-bond acceptors (Lipinski definition) is 1. The zero-order valence-corrected chi connectivity index (χ0v) is 6.69. The molecule has 0 aromatic carbocycles. The summed E-state index contributed by atoms with van der Waals surface area (Å²) < 4.78 is 0. The van der Waals surface area contributed by atoms with Crippen molar-refractivity contribution in [3.8, 4) is 0 Å². The third-order valence-electron chi connectivity index (χ3n) is 0.351. The maximum Gasteiger partial charge on any atom is 1.00 e. The van der Waals surface area contributed by atoms with Gasteiger partial charge in [0.05, 0.1) is 0 Å². The Balaban J connectivity index is -0.000000125. The summed E-state index contributed by atoms with van der Waals surface area (Å²) in [6.45, 7) is 2.42. The number of carbonyl (C=O) groups is 1. The number of carbonyl (C=O) groups excluding carboxylic acids is 1. The summed E-state index contributed by atoms with van der Waals surface area (Å²) in [4.78, 5) is 9.71. The summed E-state index contributed by atoms with van der Waals surface area (Å²) in [7, 11) is 0. The van der Waals surface area contributed by atoms with Crippen LogP contribution >= 0.6 is 0 Å². The molecule has 7 heavy (non-hydrogen) atoms. The molecule has 4 heteroatoms. The Labute approximate surface area is 66.4 Å². The van der Waals surface area contributed by atoms with Crippen LogP contribution in [0.2, 0.25) is 0 Å². The first-order chi connectivity index (χ1) is 2.77. The minimum atomic E-state index is -0.461. The molecule has 0 aliphatic rings. The van der Waals surface area contributed by atoms with Crippen LogP contribution in [0.15, 0.2) is 0 Å². The predicted octanol–water partition coefficient (Wildman–Crippen LogP) is -3.21. The zero-order valence-electron chi connectivity index (χ0n) is 5.69. The molecule has 0 aliphatic carbocycles. The summed E-state index contributed by atoms with van der Waals surface area (Å²) in [5, 5.41) is 2.35. The molecule has 0 unspecified atom stereocenters. The fourth-order valence-corrected chi connectivity index (χ4v) is 0.174. The molecular weight excluding hydrogens is 103 g/mol. The molecule has 0 bridgehead atoms. The van der Waals surface area contributed by atoms with E-state index < -0.39 is 6.03 Å². The van der Waals surface area contributed by atoms with Gasteiger partial charge in [0.25, 0.3) is 0 Å². The van der Waals surface area contributed by atoms with E-state index in [4.69, 9.17) is 0 Å². The van der Waals surface area contributed by atoms with E-state index in [-0.39, 0.29) is 31.0 Å². The van der Waals surface area contributed by atoms with Gasteiger partial charge in [-0.2, -0.15) is 0 Å². The van der Waals surface area contributed by atoms with Gasteiger partial charge in [-0.15, -0.1) is 0 Å². The predicted molar refractivity (Wildman–Crippen MR) is 24.4 cm³/mol. The maximum absolute atomic E-state index is 9.71. The molecule has 2 amide bonds. The average Bonchev–Trinajstić information content (AvgIpc) is 1.35. The normalized spacial score (nSPS) is 6.43. The SMILES string of the molecule is CCNC(N)=O.[H-].[Na+]. The van der Waals surface area contributed by atoms with Gasteiger partial charge in [-0.3, -0.25) is 0 Å². The van der Waals surface area contributed by atoms with E-state index in [1.54, 1.807) is 0 Å². The number of hydrogen-bond donors (Lipinski definition) is 2. The molecule has 3 N–H and O–H groups in total. The van der Waals surface area contributed by atoms with Gasteiger partial charge in [-0.05, 0) is 6.92 Å². The number of primary amides is 1. The Bertz CT molecular complexity index is 61.2. The van der Waals surface area contributed by atoms with Crippen molar-refractivity contribution in [1.82, 2.24) is 5.32 Å². The molecule has 0 heterocycles. The Kier molecular flexibility index (Phi) is 9.22. The largest absolute Gasteiger partial charge is 1.00 e. The Hall–Kier alpha value is 0.270. The maximum atomic E-state index is 9.71. The van der Waals surface area contributed by atoms with Gasteiger partial charge in [0.15, 0.2) is 0 Å². The number of urea groups is 1. The van der Waals surface area contributed by atoms with E-state index in [0.29, 0.717) is 6.54 Å². The molecule has 0 aliphatic heterocycles. The molecule has 0 atom stereocenters. The van der Waals surface area contributed by atoms with Gasteiger partial charge in [0, 0.05) is 6.54 Å². The van der Waals surface area contributed by atoms with Crippen LogP contribution in [0.1, 0.15) is 8.35 Å². The average molecular weight is 112 g/mol.